The van der Waals surface area contributed by atoms with Gasteiger partial charge < -0.3 is 5.21 Å². The van der Waals surface area contributed by atoms with Gasteiger partial charge in [-0.1, -0.05) is 18.2 Å². The number of carbonyl (C=O) groups excluding carboxylic acids is 1. The predicted octanol–water partition coefficient (Wildman–Crippen LogP) is 2.09. The number of hydrogen-bond acceptors (Lipinski definition) is 3. The molecule has 1 heterocycles. The number of allylic oxidation sites excluding steroid dienone is 1. The molecule has 1 aromatic carbocycles. The van der Waals surface area contributed by atoms with Crippen molar-refractivity contribution in [2.24, 2.45) is 0 Å². The second-order valence-electron chi connectivity index (χ2n) is 3.88. The number of rotatable bonds is 3. The van der Waals surface area contributed by atoms with E-state index >= 15 is 0 Å². The standard InChI is InChI=1S/C15H10N2O2/c16-10-13-5-3-12(4-6-13)7-8-15(18)14-2-1-9-17(19)11-14/h1-9,11H/b8-7+. The Kier molecular flexibility index (Phi) is 3.70. The van der Waals surface area contributed by atoms with Crippen molar-refractivity contribution in [1.82, 2.24) is 0 Å². The smallest absolute Gasteiger partial charge is 0.191 e. The molecule has 0 unspecified atom stereocenters. The molecule has 0 N–H and O–H groups in total. The van der Waals surface area contributed by atoms with E-state index in [2.05, 4.69) is 0 Å². The minimum absolute atomic E-state index is 0.241. The summed E-state index contributed by atoms with van der Waals surface area (Å²) in [6.45, 7) is 0. The van der Waals surface area contributed by atoms with Crippen molar-refractivity contribution < 1.29 is 9.52 Å². The van der Waals surface area contributed by atoms with Crippen LogP contribution < -0.4 is 4.73 Å². The summed E-state index contributed by atoms with van der Waals surface area (Å²) in [5, 5.41) is 19.7. The van der Waals surface area contributed by atoms with Crippen LogP contribution in [0.25, 0.3) is 6.08 Å². The normalized spacial score (nSPS) is 10.3. The van der Waals surface area contributed by atoms with Crippen molar-refractivity contribution in [2.75, 3.05) is 0 Å². The van der Waals surface area contributed by atoms with Gasteiger partial charge in [-0.05, 0) is 29.8 Å². The molecule has 19 heavy (non-hydrogen) atoms. The van der Waals surface area contributed by atoms with Gasteiger partial charge in [-0.15, -0.1) is 0 Å². The van der Waals surface area contributed by atoms with E-state index in [0.717, 1.165) is 5.56 Å². The summed E-state index contributed by atoms with van der Waals surface area (Å²) < 4.78 is 0.586. The molecule has 0 atom stereocenters. The lowest BCUT2D eigenvalue weighted by Gasteiger charge is -1.97. The summed E-state index contributed by atoms with van der Waals surface area (Å²) in [5.41, 5.74) is 1.72. The van der Waals surface area contributed by atoms with Gasteiger partial charge in [0.05, 0.1) is 17.2 Å². The Labute approximate surface area is 110 Å². The van der Waals surface area contributed by atoms with Crippen LogP contribution in [0, 0.1) is 16.5 Å². The molecule has 0 spiro atoms. The Morgan fingerprint density at radius 2 is 2.00 bits per heavy atom. The molecule has 0 saturated heterocycles. The minimum Gasteiger partial charge on any atom is -0.619 e. The Bertz CT molecular complexity index is 667. The molecule has 2 rings (SSSR count). The van der Waals surface area contributed by atoms with Crippen LogP contribution in [-0.2, 0) is 0 Å². The lowest BCUT2D eigenvalue weighted by Crippen LogP contribution is -2.25. The summed E-state index contributed by atoms with van der Waals surface area (Å²) in [6.07, 6.45) is 5.59. The Morgan fingerprint density at radius 3 is 2.63 bits per heavy atom. The molecule has 4 heteroatoms. The minimum atomic E-state index is -0.241. The Hall–Kier alpha value is -2.93. The van der Waals surface area contributed by atoms with Crippen LogP contribution in [0.5, 0.6) is 0 Å². The highest BCUT2D eigenvalue weighted by molar-refractivity contribution is 6.06. The van der Waals surface area contributed by atoms with E-state index < -0.39 is 0 Å². The first kappa shape index (κ1) is 12.5. The van der Waals surface area contributed by atoms with Gasteiger partial charge in [0.25, 0.3) is 0 Å². The number of carbonyl (C=O) groups is 1. The lowest BCUT2D eigenvalue weighted by molar-refractivity contribution is -0.605. The second-order valence-corrected chi connectivity index (χ2v) is 3.88. The third kappa shape index (κ3) is 3.27. The van der Waals surface area contributed by atoms with Gasteiger partial charge in [-0.2, -0.15) is 9.99 Å². The maximum absolute atomic E-state index is 11.8. The van der Waals surface area contributed by atoms with E-state index in [9.17, 15) is 10.0 Å². The van der Waals surface area contributed by atoms with Crippen molar-refractivity contribution >= 4 is 11.9 Å². The van der Waals surface area contributed by atoms with Crippen LogP contribution in [0.1, 0.15) is 21.5 Å². The third-order valence-corrected chi connectivity index (χ3v) is 2.53. The summed E-state index contributed by atoms with van der Waals surface area (Å²) in [6, 6.07) is 12.0. The molecule has 2 aromatic rings. The summed E-state index contributed by atoms with van der Waals surface area (Å²) in [5.74, 6) is -0.241. The van der Waals surface area contributed by atoms with E-state index in [1.165, 1.54) is 24.5 Å². The molecule has 0 fully saturated rings. The predicted molar refractivity (Wildman–Crippen MR) is 69.9 cm³/mol. The molecule has 0 aliphatic heterocycles. The van der Waals surface area contributed by atoms with Crippen molar-refractivity contribution in [1.29, 1.82) is 5.26 Å². The van der Waals surface area contributed by atoms with Gasteiger partial charge in [-0.3, -0.25) is 4.79 Å². The van der Waals surface area contributed by atoms with Crippen LogP contribution in [-0.4, -0.2) is 5.78 Å². The quantitative estimate of drug-likeness (QED) is 0.362. The highest BCUT2D eigenvalue weighted by atomic mass is 16.5. The van der Waals surface area contributed by atoms with Crippen LogP contribution in [0.2, 0.25) is 0 Å². The Morgan fingerprint density at radius 1 is 1.26 bits per heavy atom. The SMILES string of the molecule is N#Cc1ccc(/C=C/C(=O)c2ccc[n+]([O-])c2)cc1. The highest BCUT2D eigenvalue weighted by Gasteiger charge is 2.04. The van der Waals surface area contributed by atoms with Crippen molar-refractivity contribution in [3.63, 3.8) is 0 Å². The van der Waals surface area contributed by atoms with E-state index in [1.807, 2.05) is 6.07 Å². The highest BCUT2D eigenvalue weighted by Crippen LogP contribution is 2.06. The fourth-order valence-corrected chi connectivity index (χ4v) is 1.54. The first-order chi connectivity index (χ1) is 9.19. The van der Waals surface area contributed by atoms with Gasteiger partial charge in [0, 0.05) is 6.07 Å². The summed E-state index contributed by atoms with van der Waals surface area (Å²) in [7, 11) is 0. The van der Waals surface area contributed by atoms with Gasteiger partial charge in [0.2, 0.25) is 0 Å². The monoisotopic (exact) mass is 250 g/mol. The zero-order chi connectivity index (χ0) is 13.7. The maximum Gasteiger partial charge on any atom is 0.191 e. The first-order valence-electron chi connectivity index (χ1n) is 5.60. The average molecular weight is 250 g/mol. The van der Waals surface area contributed by atoms with Crippen molar-refractivity contribution in [2.45, 2.75) is 0 Å². The maximum atomic E-state index is 11.8. The van der Waals surface area contributed by atoms with E-state index in [1.54, 1.807) is 36.4 Å². The van der Waals surface area contributed by atoms with Crippen LogP contribution in [0.3, 0.4) is 0 Å². The zero-order valence-electron chi connectivity index (χ0n) is 9.98. The molecular formula is C15H10N2O2. The van der Waals surface area contributed by atoms with E-state index in [4.69, 9.17) is 5.26 Å². The molecule has 1 aromatic heterocycles. The number of nitriles is 1. The number of nitrogens with zero attached hydrogens (tertiary/aromatic N) is 2. The second kappa shape index (κ2) is 5.61. The molecule has 0 bridgehead atoms. The van der Waals surface area contributed by atoms with Gasteiger partial charge >= 0.3 is 0 Å². The molecule has 0 saturated carbocycles. The number of aromatic nitrogens is 1. The third-order valence-electron chi connectivity index (χ3n) is 2.53. The van der Waals surface area contributed by atoms with Crippen LogP contribution in [0.15, 0.2) is 54.9 Å². The largest absolute Gasteiger partial charge is 0.619 e. The summed E-state index contributed by atoms with van der Waals surface area (Å²) in [4.78, 5) is 11.8. The number of pyridine rings is 1. The van der Waals surface area contributed by atoms with Gasteiger partial charge in [0.15, 0.2) is 18.2 Å². The summed E-state index contributed by atoms with van der Waals surface area (Å²) >= 11 is 0. The van der Waals surface area contributed by atoms with Crippen molar-refractivity contribution in [3.8, 4) is 6.07 Å². The van der Waals surface area contributed by atoms with Crippen molar-refractivity contribution in [3.05, 3.63) is 76.8 Å². The van der Waals surface area contributed by atoms with E-state index in [0.29, 0.717) is 15.9 Å². The van der Waals surface area contributed by atoms with Gasteiger partial charge in [0.1, 0.15) is 0 Å². The lowest BCUT2D eigenvalue weighted by atomic mass is 10.1. The van der Waals surface area contributed by atoms with Gasteiger partial charge in [-0.25, -0.2) is 0 Å². The fourth-order valence-electron chi connectivity index (χ4n) is 1.54. The first-order valence-corrected chi connectivity index (χ1v) is 5.60. The molecule has 0 aliphatic rings. The average Bonchev–Trinajstić information content (AvgIpc) is 2.45. The number of benzene rings is 1. The number of ketones is 1. The molecule has 0 aliphatic carbocycles. The molecule has 92 valence electrons. The number of hydrogen-bond donors (Lipinski definition) is 0. The van der Waals surface area contributed by atoms with E-state index in [-0.39, 0.29) is 5.78 Å². The Balaban J connectivity index is 2.14. The topological polar surface area (TPSA) is 67.8 Å². The fraction of sp³-hybridized carbons (Fsp3) is 0. The molecule has 4 nitrogen and oxygen atoms in total. The van der Waals surface area contributed by atoms with Crippen LogP contribution >= 0.6 is 0 Å². The zero-order valence-corrected chi connectivity index (χ0v) is 9.98. The van der Waals surface area contributed by atoms with Crippen LogP contribution in [0.4, 0.5) is 0 Å². The molecule has 0 amide bonds. The molecule has 0 radical (unpaired) electrons. The molecular weight excluding hydrogens is 240 g/mol.